The molecule has 1 fully saturated rings. The molecule has 0 N–H and O–H groups in total. The molecule has 0 spiro atoms. The van der Waals surface area contributed by atoms with Crippen LogP contribution in [0.5, 0.6) is 11.5 Å². The number of likely N-dealkylation sites (tertiary alicyclic amines) is 1. The van der Waals surface area contributed by atoms with Crippen LogP contribution in [0.4, 0.5) is 0 Å². The van der Waals surface area contributed by atoms with Crippen LogP contribution in [0, 0.1) is 5.92 Å². The predicted octanol–water partition coefficient (Wildman–Crippen LogP) is 4.20. The van der Waals surface area contributed by atoms with Crippen LogP contribution >= 0.6 is 0 Å². The number of amides is 1. The molecule has 3 aromatic heterocycles. The number of imidazole rings is 1. The number of hydrogen-bond donors (Lipinski definition) is 0. The molecule has 4 aromatic rings. The lowest BCUT2D eigenvalue weighted by molar-refractivity contribution is 0.0759. The maximum Gasteiger partial charge on any atom is 0.253 e. The second kappa shape index (κ2) is 10.5. The van der Waals surface area contributed by atoms with Crippen LogP contribution in [0.1, 0.15) is 41.0 Å². The number of rotatable bonds is 7. The van der Waals surface area contributed by atoms with E-state index < -0.39 is 0 Å². The van der Waals surface area contributed by atoms with Crippen LogP contribution in [-0.4, -0.2) is 50.4 Å². The molecule has 180 valence electrons. The van der Waals surface area contributed by atoms with E-state index in [1.54, 1.807) is 31.6 Å². The largest absolute Gasteiger partial charge is 0.493 e. The van der Waals surface area contributed by atoms with Crippen molar-refractivity contribution in [2.24, 2.45) is 5.92 Å². The predicted molar refractivity (Wildman–Crippen MR) is 131 cm³/mol. The average molecular weight is 472 g/mol. The van der Waals surface area contributed by atoms with Crippen molar-refractivity contribution in [3.8, 4) is 11.5 Å². The average Bonchev–Trinajstić information content (AvgIpc) is 3.25. The molecule has 0 bridgehead atoms. The minimum Gasteiger partial charge on any atom is -0.493 e. The van der Waals surface area contributed by atoms with Crippen LogP contribution < -0.4 is 9.47 Å². The lowest BCUT2D eigenvalue weighted by Gasteiger charge is -2.21. The number of pyridine rings is 1. The van der Waals surface area contributed by atoms with Gasteiger partial charge in [0, 0.05) is 43.4 Å². The Hall–Kier alpha value is -3.94. The second-order valence-corrected chi connectivity index (χ2v) is 8.84. The highest BCUT2D eigenvalue weighted by atomic mass is 16.5. The number of carbonyl (C=O) groups excluding carboxylic acids is 1. The highest BCUT2D eigenvalue weighted by Crippen LogP contribution is 2.30. The zero-order valence-corrected chi connectivity index (χ0v) is 19.8. The molecule has 8 nitrogen and oxygen atoms in total. The van der Waals surface area contributed by atoms with Gasteiger partial charge in [0.2, 0.25) is 0 Å². The Morgan fingerprint density at radius 1 is 1.03 bits per heavy atom. The quantitative estimate of drug-likeness (QED) is 0.402. The van der Waals surface area contributed by atoms with Crippen LogP contribution in [0.15, 0.2) is 67.4 Å². The molecular weight excluding hydrogens is 442 g/mol. The van der Waals surface area contributed by atoms with Gasteiger partial charge in [-0.05, 0) is 61.9 Å². The fraction of sp³-hybridized carbons (Fsp3) is 0.333. The number of benzene rings is 1. The molecule has 1 aliphatic heterocycles. The molecule has 1 unspecified atom stereocenters. The summed E-state index contributed by atoms with van der Waals surface area (Å²) in [5.74, 6) is 1.66. The normalized spacial score (nSPS) is 16.1. The Balaban J connectivity index is 1.20. The molecule has 5 rings (SSSR count). The fourth-order valence-electron chi connectivity index (χ4n) is 4.58. The van der Waals surface area contributed by atoms with Crippen LogP contribution in [0.2, 0.25) is 0 Å². The molecule has 1 aliphatic rings. The summed E-state index contributed by atoms with van der Waals surface area (Å²) >= 11 is 0. The summed E-state index contributed by atoms with van der Waals surface area (Å²) in [4.78, 5) is 28.4. The standard InChI is InChI=1S/C27H29N5O3/c1-34-25-16-21(7-8-24(25)35-19-22-6-2-3-10-28-22)27(33)31-12-4-5-20(9-13-31)15-23-18-32-14-11-29-26(32)17-30-23/h2-3,6-8,10-11,14,16-18,20H,4-5,9,12-13,15,19H2,1H3. The van der Waals surface area contributed by atoms with Crippen molar-refractivity contribution < 1.29 is 14.3 Å². The molecule has 1 saturated heterocycles. The third kappa shape index (κ3) is 5.42. The number of ether oxygens (including phenoxy) is 2. The van der Waals surface area contributed by atoms with Crippen molar-refractivity contribution in [3.05, 3.63) is 84.3 Å². The molecule has 35 heavy (non-hydrogen) atoms. The van der Waals surface area contributed by atoms with E-state index in [4.69, 9.17) is 9.47 Å². The Bertz CT molecular complexity index is 1290. The van der Waals surface area contributed by atoms with Gasteiger partial charge in [-0.2, -0.15) is 0 Å². The van der Waals surface area contributed by atoms with Gasteiger partial charge in [-0.15, -0.1) is 0 Å². The van der Waals surface area contributed by atoms with E-state index in [2.05, 4.69) is 21.1 Å². The number of hydrogen-bond acceptors (Lipinski definition) is 6. The van der Waals surface area contributed by atoms with Crippen LogP contribution in [0.25, 0.3) is 5.65 Å². The van der Waals surface area contributed by atoms with Gasteiger partial charge < -0.3 is 18.8 Å². The summed E-state index contributed by atoms with van der Waals surface area (Å²) in [6, 6.07) is 11.1. The van der Waals surface area contributed by atoms with E-state index in [0.29, 0.717) is 29.6 Å². The fourth-order valence-corrected chi connectivity index (χ4v) is 4.58. The Labute approximate surface area is 204 Å². The molecule has 8 heteroatoms. The summed E-state index contributed by atoms with van der Waals surface area (Å²) in [6.07, 6.45) is 13.3. The molecular formula is C27H29N5O3. The van der Waals surface area contributed by atoms with Crippen molar-refractivity contribution in [2.45, 2.75) is 32.3 Å². The number of methoxy groups -OCH3 is 1. The Morgan fingerprint density at radius 3 is 2.83 bits per heavy atom. The van der Waals surface area contributed by atoms with E-state index in [1.165, 1.54) is 0 Å². The summed E-state index contributed by atoms with van der Waals surface area (Å²) in [5, 5.41) is 0. The van der Waals surface area contributed by atoms with Crippen LogP contribution in [-0.2, 0) is 13.0 Å². The van der Waals surface area contributed by atoms with E-state index >= 15 is 0 Å². The van der Waals surface area contributed by atoms with Crippen molar-refractivity contribution in [1.82, 2.24) is 24.3 Å². The molecule has 0 saturated carbocycles. The summed E-state index contributed by atoms with van der Waals surface area (Å²) in [5.41, 5.74) is 3.35. The molecule has 4 heterocycles. The van der Waals surface area contributed by atoms with Gasteiger partial charge in [0.25, 0.3) is 5.91 Å². The first kappa shape index (κ1) is 22.8. The second-order valence-electron chi connectivity index (χ2n) is 8.84. The van der Waals surface area contributed by atoms with Gasteiger partial charge >= 0.3 is 0 Å². The van der Waals surface area contributed by atoms with Gasteiger partial charge in [-0.1, -0.05) is 6.07 Å². The van der Waals surface area contributed by atoms with Crippen molar-refractivity contribution in [2.75, 3.05) is 20.2 Å². The third-order valence-electron chi connectivity index (χ3n) is 6.48. The molecule has 1 amide bonds. The van der Waals surface area contributed by atoms with E-state index in [0.717, 1.165) is 55.8 Å². The van der Waals surface area contributed by atoms with Gasteiger partial charge in [-0.3, -0.25) is 14.8 Å². The maximum absolute atomic E-state index is 13.3. The Morgan fingerprint density at radius 2 is 1.97 bits per heavy atom. The number of carbonyl (C=O) groups is 1. The first-order valence-electron chi connectivity index (χ1n) is 12.0. The minimum absolute atomic E-state index is 0.0261. The van der Waals surface area contributed by atoms with E-state index in [-0.39, 0.29) is 5.91 Å². The van der Waals surface area contributed by atoms with Gasteiger partial charge in [0.1, 0.15) is 6.61 Å². The van der Waals surface area contributed by atoms with Crippen molar-refractivity contribution in [3.63, 3.8) is 0 Å². The summed E-state index contributed by atoms with van der Waals surface area (Å²) in [6.45, 7) is 1.82. The monoisotopic (exact) mass is 471 g/mol. The SMILES string of the molecule is COc1cc(C(=O)N2CCCC(Cc3cn4ccnc4cn3)CC2)ccc1OCc1ccccn1. The van der Waals surface area contributed by atoms with Crippen molar-refractivity contribution >= 4 is 11.6 Å². The highest BCUT2D eigenvalue weighted by molar-refractivity contribution is 5.95. The molecule has 1 atom stereocenters. The van der Waals surface area contributed by atoms with Gasteiger partial charge in [0.05, 0.1) is 24.7 Å². The molecule has 0 radical (unpaired) electrons. The summed E-state index contributed by atoms with van der Waals surface area (Å²) in [7, 11) is 1.59. The lowest BCUT2D eigenvalue weighted by atomic mass is 9.95. The number of aromatic nitrogens is 4. The maximum atomic E-state index is 13.3. The Kier molecular flexibility index (Phi) is 6.88. The smallest absolute Gasteiger partial charge is 0.253 e. The highest BCUT2D eigenvalue weighted by Gasteiger charge is 2.23. The summed E-state index contributed by atoms with van der Waals surface area (Å²) < 4.78 is 13.4. The van der Waals surface area contributed by atoms with Gasteiger partial charge in [0.15, 0.2) is 17.1 Å². The van der Waals surface area contributed by atoms with Crippen LogP contribution in [0.3, 0.4) is 0 Å². The number of nitrogens with zero attached hydrogens (tertiary/aromatic N) is 5. The molecule has 0 aliphatic carbocycles. The molecule has 1 aromatic carbocycles. The first-order valence-corrected chi connectivity index (χ1v) is 12.0. The minimum atomic E-state index is 0.0261. The van der Waals surface area contributed by atoms with E-state index in [1.807, 2.05) is 46.0 Å². The van der Waals surface area contributed by atoms with E-state index in [9.17, 15) is 4.79 Å². The zero-order chi connectivity index (χ0) is 24.0. The van der Waals surface area contributed by atoms with Gasteiger partial charge in [-0.25, -0.2) is 4.98 Å². The first-order chi connectivity index (χ1) is 17.2. The zero-order valence-electron chi connectivity index (χ0n) is 19.8. The lowest BCUT2D eigenvalue weighted by Crippen LogP contribution is -2.32. The number of fused-ring (bicyclic) bond motifs is 1. The third-order valence-corrected chi connectivity index (χ3v) is 6.48. The topological polar surface area (TPSA) is 81.9 Å². The van der Waals surface area contributed by atoms with Crippen molar-refractivity contribution in [1.29, 1.82) is 0 Å².